The summed E-state index contributed by atoms with van der Waals surface area (Å²) < 4.78 is 0. The molecule has 0 saturated carbocycles. The lowest BCUT2D eigenvalue weighted by molar-refractivity contribution is -0.121. The number of rotatable bonds is 6. The zero-order valence-electron chi connectivity index (χ0n) is 10.5. The van der Waals surface area contributed by atoms with E-state index < -0.39 is 0 Å². The molecule has 0 aliphatic carbocycles. The molecule has 18 heavy (non-hydrogen) atoms. The lowest BCUT2D eigenvalue weighted by Gasteiger charge is -2.17. The third-order valence-electron chi connectivity index (χ3n) is 2.46. The second-order valence-corrected chi connectivity index (χ2v) is 3.70. The normalized spacial score (nSPS) is 10.8. The molecule has 0 saturated heterocycles. The molecule has 3 N–H and O–H groups in total. The Morgan fingerprint density at radius 2 is 2.00 bits per heavy atom. The van der Waals surface area contributed by atoms with Gasteiger partial charge in [0.25, 0.3) is 0 Å². The van der Waals surface area contributed by atoms with Gasteiger partial charge in [-0.2, -0.15) is 0 Å². The van der Waals surface area contributed by atoms with Crippen molar-refractivity contribution in [2.24, 2.45) is 5.73 Å². The minimum Gasteiger partial charge on any atom is -0.349 e. The maximum absolute atomic E-state index is 11.6. The van der Waals surface area contributed by atoms with Crippen molar-refractivity contribution < 1.29 is 4.79 Å². The number of pyridine rings is 1. The van der Waals surface area contributed by atoms with E-state index in [1.807, 2.05) is 19.1 Å². The topological polar surface area (TPSA) is 68.0 Å². The summed E-state index contributed by atoms with van der Waals surface area (Å²) in [6.45, 7) is 2.60. The van der Waals surface area contributed by atoms with E-state index in [4.69, 9.17) is 5.73 Å². The fourth-order valence-electron chi connectivity index (χ4n) is 1.55. The predicted molar refractivity (Wildman–Crippen MR) is 78.2 cm³/mol. The van der Waals surface area contributed by atoms with Crippen LogP contribution in [0.5, 0.6) is 0 Å². The van der Waals surface area contributed by atoms with Crippen LogP contribution in [0, 0.1) is 0 Å². The first kappa shape index (κ1) is 19.5. The summed E-state index contributed by atoms with van der Waals surface area (Å²) in [6.07, 6.45) is 5.59. The first-order valence-electron chi connectivity index (χ1n) is 5.67. The van der Waals surface area contributed by atoms with Gasteiger partial charge in [-0.25, -0.2) is 0 Å². The second kappa shape index (κ2) is 11.3. The number of hydrogen-bond acceptors (Lipinski definition) is 3. The van der Waals surface area contributed by atoms with E-state index in [1.165, 1.54) is 0 Å². The number of carbonyl (C=O) groups excluding carboxylic acids is 1. The third kappa shape index (κ3) is 6.79. The summed E-state index contributed by atoms with van der Waals surface area (Å²) >= 11 is 0. The smallest absolute Gasteiger partial charge is 0.220 e. The van der Waals surface area contributed by atoms with Crippen molar-refractivity contribution in [3.8, 4) is 0 Å². The predicted octanol–water partition coefficient (Wildman–Crippen LogP) is 2.23. The van der Waals surface area contributed by atoms with Crippen molar-refractivity contribution in [1.29, 1.82) is 0 Å². The number of nitrogens with one attached hydrogen (secondary N) is 1. The number of nitrogens with two attached hydrogens (primary N) is 1. The van der Waals surface area contributed by atoms with E-state index >= 15 is 0 Å². The van der Waals surface area contributed by atoms with Crippen molar-refractivity contribution in [2.75, 3.05) is 6.54 Å². The van der Waals surface area contributed by atoms with E-state index in [-0.39, 0.29) is 36.8 Å². The molecule has 0 radical (unpaired) electrons. The van der Waals surface area contributed by atoms with Gasteiger partial charge in [-0.05, 0) is 37.1 Å². The van der Waals surface area contributed by atoms with Crippen LogP contribution in [0.2, 0.25) is 0 Å². The Morgan fingerprint density at radius 3 is 2.50 bits per heavy atom. The molecule has 0 spiro atoms. The van der Waals surface area contributed by atoms with Gasteiger partial charge in [0.1, 0.15) is 0 Å². The monoisotopic (exact) mass is 293 g/mol. The average molecular weight is 294 g/mol. The summed E-state index contributed by atoms with van der Waals surface area (Å²) in [5.74, 6) is 0.0640. The molecule has 4 nitrogen and oxygen atoms in total. The van der Waals surface area contributed by atoms with Crippen molar-refractivity contribution in [3.63, 3.8) is 0 Å². The van der Waals surface area contributed by atoms with Crippen LogP contribution in [-0.4, -0.2) is 17.4 Å². The number of aromatic nitrogens is 1. The molecule has 1 aromatic heterocycles. The Hall–Kier alpha value is -0.840. The molecule has 0 aliphatic rings. The first-order valence-corrected chi connectivity index (χ1v) is 5.67. The standard InChI is InChI=1S/C12H19N3O.2ClH/c1-2-11(10-5-8-14-9-6-10)15-12(16)4-3-7-13;;/h5-6,8-9,11H,2-4,7,13H2,1H3,(H,15,16);2*1H. The number of carbonyl (C=O) groups is 1. The van der Waals surface area contributed by atoms with Crippen LogP contribution in [0.4, 0.5) is 0 Å². The Morgan fingerprint density at radius 1 is 1.39 bits per heavy atom. The van der Waals surface area contributed by atoms with Crippen LogP contribution < -0.4 is 11.1 Å². The summed E-state index contributed by atoms with van der Waals surface area (Å²) in [6, 6.07) is 3.93. The zero-order chi connectivity index (χ0) is 11.8. The van der Waals surface area contributed by atoms with E-state index in [1.54, 1.807) is 12.4 Å². The highest BCUT2D eigenvalue weighted by Gasteiger charge is 2.11. The molecule has 1 heterocycles. The molecule has 0 aliphatic heterocycles. The quantitative estimate of drug-likeness (QED) is 0.845. The molecular formula is C12H21Cl2N3O. The molecule has 1 unspecified atom stereocenters. The lowest BCUT2D eigenvalue weighted by Crippen LogP contribution is -2.28. The van der Waals surface area contributed by atoms with Crippen LogP contribution >= 0.6 is 24.8 Å². The first-order chi connectivity index (χ1) is 7.77. The third-order valence-corrected chi connectivity index (χ3v) is 2.46. The second-order valence-electron chi connectivity index (χ2n) is 3.70. The molecule has 1 atom stereocenters. The van der Waals surface area contributed by atoms with Gasteiger partial charge >= 0.3 is 0 Å². The van der Waals surface area contributed by atoms with E-state index in [2.05, 4.69) is 10.3 Å². The summed E-state index contributed by atoms with van der Waals surface area (Å²) in [4.78, 5) is 15.5. The van der Waals surface area contributed by atoms with Crippen LogP contribution in [0.1, 0.15) is 37.8 Å². The molecule has 104 valence electrons. The molecule has 0 aromatic carbocycles. The minimum absolute atomic E-state index is 0. The number of amides is 1. The highest BCUT2D eigenvalue weighted by atomic mass is 35.5. The molecule has 0 bridgehead atoms. The van der Waals surface area contributed by atoms with Crippen LogP contribution in [-0.2, 0) is 4.79 Å². The summed E-state index contributed by atoms with van der Waals surface area (Å²) in [5, 5.41) is 3.00. The highest BCUT2D eigenvalue weighted by Crippen LogP contribution is 2.15. The van der Waals surface area contributed by atoms with Gasteiger partial charge in [0, 0.05) is 18.8 Å². The maximum atomic E-state index is 11.6. The van der Waals surface area contributed by atoms with Crippen molar-refractivity contribution in [2.45, 2.75) is 32.2 Å². The van der Waals surface area contributed by atoms with Crippen molar-refractivity contribution in [1.82, 2.24) is 10.3 Å². The van der Waals surface area contributed by atoms with Gasteiger partial charge < -0.3 is 11.1 Å². The molecule has 6 heteroatoms. The number of halogens is 2. The average Bonchev–Trinajstić information content (AvgIpc) is 2.34. The van der Waals surface area contributed by atoms with Crippen molar-refractivity contribution in [3.05, 3.63) is 30.1 Å². The van der Waals surface area contributed by atoms with E-state index in [9.17, 15) is 4.79 Å². The van der Waals surface area contributed by atoms with Gasteiger partial charge in [-0.3, -0.25) is 9.78 Å². The minimum atomic E-state index is 0. The van der Waals surface area contributed by atoms with Gasteiger partial charge in [0.15, 0.2) is 0 Å². The molecular weight excluding hydrogens is 273 g/mol. The summed E-state index contributed by atoms with van der Waals surface area (Å²) in [5.41, 5.74) is 6.46. The van der Waals surface area contributed by atoms with Crippen LogP contribution in [0.25, 0.3) is 0 Å². The van der Waals surface area contributed by atoms with E-state index in [0.29, 0.717) is 13.0 Å². The summed E-state index contributed by atoms with van der Waals surface area (Å²) in [7, 11) is 0. The Labute approximate surface area is 121 Å². The Kier molecular flexibility index (Phi) is 12.2. The molecule has 1 amide bonds. The SMILES string of the molecule is CCC(NC(=O)CCCN)c1ccncc1.Cl.Cl. The van der Waals surface area contributed by atoms with Gasteiger partial charge in [0.2, 0.25) is 5.91 Å². The van der Waals surface area contributed by atoms with Gasteiger partial charge in [-0.1, -0.05) is 6.92 Å². The fourth-order valence-corrected chi connectivity index (χ4v) is 1.55. The highest BCUT2D eigenvalue weighted by molar-refractivity contribution is 5.85. The van der Waals surface area contributed by atoms with Gasteiger partial charge in [0.05, 0.1) is 6.04 Å². The number of nitrogens with zero attached hydrogens (tertiary/aromatic N) is 1. The van der Waals surface area contributed by atoms with Crippen molar-refractivity contribution >= 4 is 30.7 Å². The fraction of sp³-hybridized carbons (Fsp3) is 0.500. The maximum Gasteiger partial charge on any atom is 0.220 e. The lowest BCUT2D eigenvalue weighted by atomic mass is 10.1. The zero-order valence-corrected chi connectivity index (χ0v) is 12.1. The van der Waals surface area contributed by atoms with Gasteiger partial charge in [-0.15, -0.1) is 24.8 Å². The van der Waals surface area contributed by atoms with E-state index in [0.717, 1.165) is 18.4 Å². The number of hydrogen-bond donors (Lipinski definition) is 2. The molecule has 0 fully saturated rings. The Balaban J connectivity index is 0. The molecule has 1 aromatic rings. The van der Waals surface area contributed by atoms with Crippen LogP contribution in [0.3, 0.4) is 0 Å². The Bertz CT molecular complexity index is 322. The van der Waals surface area contributed by atoms with Crippen LogP contribution in [0.15, 0.2) is 24.5 Å². The molecule has 1 rings (SSSR count). The largest absolute Gasteiger partial charge is 0.349 e.